The van der Waals surface area contributed by atoms with Gasteiger partial charge in [0, 0.05) is 25.0 Å². The van der Waals surface area contributed by atoms with Crippen LogP contribution in [0, 0.1) is 5.92 Å². The molecule has 2 heterocycles. The summed E-state index contributed by atoms with van der Waals surface area (Å²) < 4.78 is 6.29. The molecule has 3 rings (SSSR count). The van der Waals surface area contributed by atoms with Gasteiger partial charge in [0.05, 0.1) is 6.10 Å². The molecule has 126 valence electrons. The first-order valence-corrected chi connectivity index (χ1v) is 8.19. The molecule has 0 saturated carbocycles. The fraction of sp³-hybridized carbons (Fsp3) is 0.368. The van der Waals surface area contributed by atoms with Gasteiger partial charge in [-0.3, -0.25) is 0 Å². The lowest BCUT2D eigenvalue weighted by Gasteiger charge is -2.41. The van der Waals surface area contributed by atoms with Crippen LogP contribution in [-0.2, 0) is 4.74 Å². The van der Waals surface area contributed by atoms with E-state index in [9.17, 15) is 9.90 Å². The predicted molar refractivity (Wildman–Crippen MR) is 92.3 cm³/mol. The number of anilines is 1. The molecule has 0 aliphatic carbocycles. The van der Waals surface area contributed by atoms with Gasteiger partial charge in [-0.25, -0.2) is 9.78 Å². The van der Waals surface area contributed by atoms with E-state index >= 15 is 0 Å². The van der Waals surface area contributed by atoms with E-state index in [1.807, 2.05) is 24.3 Å². The van der Waals surface area contributed by atoms with Crippen LogP contribution < -0.4 is 4.90 Å². The number of morpholine rings is 1. The van der Waals surface area contributed by atoms with Crippen molar-refractivity contribution in [2.24, 2.45) is 5.92 Å². The number of benzene rings is 1. The van der Waals surface area contributed by atoms with Crippen LogP contribution in [0.15, 0.2) is 48.7 Å². The fourth-order valence-electron chi connectivity index (χ4n) is 2.95. The first-order chi connectivity index (χ1) is 11.5. The van der Waals surface area contributed by atoms with Gasteiger partial charge in [-0.05, 0) is 23.6 Å². The average molecular weight is 326 g/mol. The summed E-state index contributed by atoms with van der Waals surface area (Å²) >= 11 is 0. The third-order valence-electron chi connectivity index (χ3n) is 4.37. The smallest absolute Gasteiger partial charge is 0.354 e. The summed E-state index contributed by atoms with van der Waals surface area (Å²) in [6.07, 6.45) is 1.61. The molecule has 2 aromatic rings. The maximum atomic E-state index is 11.2. The van der Waals surface area contributed by atoms with Crippen molar-refractivity contribution in [3.05, 3.63) is 59.9 Å². The minimum absolute atomic E-state index is 0.0335. The van der Waals surface area contributed by atoms with E-state index in [0.29, 0.717) is 12.5 Å². The van der Waals surface area contributed by atoms with Gasteiger partial charge in [0.1, 0.15) is 11.8 Å². The summed E-state index contributed by atoms with van der Waals surface area (Å²) in [4.78, 5) is 17.3. The van der Waals surface area contributed by atoms with Crippen molar-refractivity contribution >= 4 is 11.7 Å². The second-order valence-electron chi connectivity index (χ2n) is 6.43. The Bertz CT molecular complexity index is 703. The van der Waals surface area contributed by atoms with Gasteiger partial charge in [0.2, 0.25) is 0 Å². The average Bonchev–Trinajstić information content (AvgIpc) is 2.62. The number of carboxylic acid groups (broad SMARTS) is 1. The van der Waals surface area contributed by atoms with Crippen LogP contribution in [0.2, 0.25) is 0 Å². The number of aromatic nitrogens is 1. The maximum absolute atomic E-state index is 11.2. The Morgan fingerprint density at radius 3 is 2.67 bits per heavy atom. The van der Waals surface area contributed by atoms with Crippen LogP contribution in [-0.4, -0.2) is 35.3 Å². The van der Waals surface area contributed by atoms with E-state index in [4.69, 9.17) is 4.74 Å². The normalized spacial score (nSPS) is 21.0. The Balaban J connectivity index is 1.89. The number of hydrogen-bond acceptors (Lipinski definition) is 4. The molecule has 0 radical (unpaired) electrons. The van der Waals surface area contributed by atoms with Crippen molar-refractivity contribution in [3.63, 3.8) is 0 Å². The lowest BCUT2D eigenvalue weighted by Crippen LogP contribution is -2.46. The number of carbonyl (C=O) groups is 1. The van der Waals surface area contributed by atoms with Gasteiger partial charge in [0.25, 0.3) is 0 Å². The van der Waals surface area contributed by atoms with Gasteiger partial charge in [0.15, 0.2) is 0 Å². The SMILES string of the molecule is CC(C)[C@H]1CN(c2ccnc(C(=O)O)c2)C[C@@H](c2ccccc2)O1. The van der Waals surface area contributed by atoms with Crippen molar-refractivity contribution in [2.45, 2.75) is 26.1 Å². The van der Waals surface area contributed by atoms with Crippen molar-refractivity contribution < 1.29 is 14.6 Å². The van der Waals surface area contributed by atoms with Crippen LogP contribution >= 0.6 is 0 Å². The Hall–Kier alpha value is -2.40. The molecule has 1 aromatic carbocycles. The molecule has 24 heavy (non-hydrogen) atoms. The molecular weight excluding hydrogens is 304 g/mol. The summed E-state index contributed by atoms with van der Waals surface area (Å²) in [7, 11) is 0. The number of pyridine rings is 1. The number of ether oxygens (including phenoxy) is 1. The second-order valence-corrected chi connectivity index (χ2v) is 6.43. The highest BCUT2D eigenvalue weighted by atomic mass is 16.5. The van der Waals surface area contributed by atoms with Gasteiger partial charge in [-0.15, -0.1) is 0 Å². The van der Waals surface area contributed by atoms with Crippen molar-refractivity contribution in [1.82, 2.24) is 4.98 Å². The first kappa shape index (κ1) is 16.5. The van der Waals surface area contributed by atoms with Crippen molar-refractivity contribution in [1.29, 1.82) is 0 Å². The zero-order valence-electron chi connectivity index (χ0n) is 13.9. The largest absolute Gasteiger partial charge is 0.477 e. The molecule has 5 nitrogen and oxygen atoms in total. The predicted octanol–water partition coefficient (Wildman–Crippen LogP) is 3.38. The molecule has 1 aliphatic heterocycles. The molecule has 1 fully saturated rings. The highest BCUT2D eigenvalue weighted by Gasteiger charge is 2.31. The van der Waals surface area contributed by atoms with Crippen LogP contribution in [0.1, 0.15) is 36.0 Å². The standard InChI is InChI=1S/C19H22N2O3/c1-13(2)17-11-21(15-8-9-20-16(10-15)19(22)23)12-18(24-17)14-6-4-3-5-7-14/h3-10,13,17-18H,11-12H2,1-2H3,(H,22,23)/t17-,18+/m1/s1. The Kier molecular flexibility index (Phi) is 4.81. The summed E-state index contributed by atoms with van der Waals surface area (Å²) in [5.41, 5.74) is 2.08. The number of nitrogens with zero attached hydrogens (tertiary/aromatic N) is 2. The van der Waals surface area contributed by atoms with E-state index in [2.05, 4.69) is 35.9 Å². The Morgan fingerprint density at radius 2 is 2.00 bits per heavy atom. The molecule has 0 spiro atoms. The molecule has 1 aromatic heterocycles. The number of rotatable bonds is 4. The van der Waals surface area contributed by atoms with Crippen LogP contribution in [0.5, 0.6) is 0 Å². The van der Waals surface area contributed by atoms with Gasteiger partial charge < -0.3 is 14.7 Å². The molecule has 1 N–H and O–H groups in total. The Morgan fingerprint density at radius 1 is 1.25 bits per heavy atom. The van der Waals surface area contributed by atoms with E-state index in [1.165, 1.54) is 0 Å². The van der Waals surface area contributed by atoms with E-state index in [-0.39, 0.29) is 17.9 Å². The molecule has 0 bridgehead atoms. The van der Waals surface area contributed by atoms with Crippen molar-refractivity contribution in [2.75, 3.05) is 18.0 Å². The topological polar surface area (TPSA) is 62.7 Å². The molecule has 5 heteroatoms. The third kappa shape index (κ3) is 3.57. The van der Waals surface area contributed by atoms with Crippen LogP contribution in [0.4, 0.5) is 5.69 Å². The first-order valence-electron chi connectivity index (χ1n) is 8.19. The summed E-state index contributed by atoms with van der Waals surface area (Å²) in [5.74, 6) is -0.634. The highest BCUT2D eigenvalue weighted by Crippen LogP contribution is 2.31. The fourth-order valence-corrected chi connectivity index (χ4v) is 2.95. The summed E-state index contributed by atoms with van der Waals surface area (Å²) in [6.45, 7) is 5.72. The Labute approximate surface area is 141 Å². The lowest BCUT2D eigenvalue weighted by molar-refractivity contribution is -0.0498. The second kappa shape index (κ2) is 7.01. The van der Waals surface area contributed by atoms with Gasteiger partial charge in [-0.2, -0.15) is 0 Å². The van der Waals surface area contributed by atoms with Crippen LogP contribution in [0.25, 0.3) is 0 Å². The number of aromatic carboxylic acids is 1. The number of carboxylic acids is 1. The third-order valence-corrected chi connectivity index (χ3v) is 4.37. The van der Waals surface area contributed by atoms with E-state index < -0.39 is 5.97 Å². The summed E-state index contributed by atoms with van der Waals surface area (Å²) in [6, 6.07) is 13.6. The summed E-state index contributed by atoms with van der Waals surface area (Å²) in [5, 5.41) is 9.17. The molecule has 0 unspecified atom stereocenters. The molecular formula is C19H22N2O3. The molecule has 0 amide bonds. The quantitative estimate of drug-likeness (QED) is 0.933. The molecule has 1 saturated heterocycles. The lowest BCUT2D eigenvalue weighted by atomic mass is 10.0. The van der Waals surface area contributed by atoms with Gasteiger partial charge in [-0.1, -0.05) is 44.2 Å². The van der Waals surface area contributed by atoms with Crippen molar-refractivity contribution in [3.8, 4) is 0 Å². The maximum Gasteiger partial charge on any atom is 0.354 e. The molecule has 2 atom stereocenters. The van der Waals surface area contributed by atoms with E-state index in [1.54, 1.807) is 12.3 Å². The monoisotopic (exact) mass is 326 g/mol. The minimum atomic E-state index is -1.01. The molecule has 1 aliphatic rings. The van der Waals surface area contributed by atoms with Crippen LogP contribution in [0.3, 0.4) is 0 Å². The van der Waals surface area contributed by atoms with E-state index in [0.717, 1.165) is 17.8 Å². The zero-order valence-corrected chi connectivity index (χ0v) is 13.9. The zero-order chi connectivity index (χ0) is 17.1. The highest BCUT2D eigenvalue weighted by molar-refractivity contribution is 5.86. The number of hydrogen-bond donors (Lipinski definition) is 1. The minimum Gasteiger partial charge on any atom is -0.477 e. The van der Waals surface area contributed by atoms with Gasteiger partial charge >= 0.3 is 5.97 Å².